The van der Waals surface area contributed by atoms with Gasteiger partial charge in [0.05, 0.1) is 17.6 Å². The van der Waals surface area contributed by atoms with Crippen molar-refractivity contribution >= 4 is 16.9 Å². The van der Waals surface area contributed by atoms with E-state index in [0.29, 0.717) is 5.39 Å². The zero-order valence-electron chi connectivity index (χ0n) is 18.1. The summed E-state index contributed by atoms with van der Waals surface area (Å²) in [5, 5.41) is 15.6. The molecule has 0 radical (unpaired) electrons. The van der Waals surface area contributed by atoms with E-state index in [1.165, 1.54) is 4.90 Å². The number of carbonyl (C=O) groups is 1. The van der Waals surface area contributed by atoms with E-state index in [1.54, 1.807) is 10.9 Å². The van der Waals surface area contributed by atoms with Gasteiger partial charge in [-0.05, 0) is 57.6 Å². The molecule has 1 aliphatic rings. The maximum Gasteiger partial charge on any atom is 0.408 e. The van der Waals surface area contributed by atoms with Crippen LogP contribution < -0.4 is 5.56 Å². The average Bonchev–Trinajstić information content (AvgIpc) is 3.39. The van der Waals surface area contributed by atoms with Crippen LogP contribution in [-0.2, 0) is 7.05 Å². The Balaban J connectivity index is 1.98. The van der Waals surface area contributed by atoms with E-state index < -0.39 is 17.7 Å². The molecule has 0 aliphatic heterocycles. The van der Waals surface area contributed by atoms with Crippen molar-refractivity contribution in [1.82, 2.24) is 19.2 Å². The normalized spacial score (nSPS) is 15.4. The van der Waals surface area contributed by atoms with Gasteiger partial charge in [0.2, 0.25) is 0 Å². The zero-order valence-corrected chi connectivity index (χ0v) is 18.1. The molecule has 7 heteroatoms. The summed E-state index contributed by atoms with van der Waals surface area (Å²) in [6, 6.07) is 7.45. The smallest absolute Gasteiger partial charge is 0.408 e. The fourth-order valence-electron chi connectivity index (χ4n) is 4.39. The number of hydrogen-bond acceptors (Lipinski definition) is 3. The summed E-state index contributed by atoms with van der Waals surface area (Å²) < 4.78 is 3.55. The molecular formula is C23H28N4O3. The molecule has 7 nitrogen and oxygen atoms in total. The number of hydrogen-bond donors (Lipinski definition) is 1. The Bertz CT molecular complexity index is 1180. The van der Waals surface area contributed by atoms with Crippen molar-refractivity contribution < 1.29 is 9.90 Å². The third kappa shape index (κ3) is 3.38. The van der Waals surface area contributed by atoms with E-state index in [1.807, 2.05) is 69.8 Å². The van der Waals surface area contributed by atoms with Gasteiger partial charge in [0.25, 0.3) is 5.56 Å². The van der Waals surface area contributed by atoms with Gasteiger partial charge in [-0.3, -0.25) is 14.4 Å². The summed E-state index contributed by atoms with van der Waals surface area (Å²) in [4.78, 5) is 27.3. The van der Waals surface area contributed by atoms with Crippen molar-refractivity contribution in [2.24, 2.45) is 7.05 Å². The molecule has 4 rings (SSSR count). The molecule has 1 saturated carbocycles. The molecular weight excluding hydrogens is 380 g/mol. The first-order chi connectivity index (χ1) is 14.1. The van der Waals surface area contributed by atoms with Crippen molar-refractivity contribution in [3.05, 3.63) is 52.7 Å². The number of carboxylic acid groups (broad SMARTS) is 1. The summed E-state index contributed by atoms with van der Waals surface area (Å²) in [5.74, 6) is 0. The Morgan fingerprint density at radius 2 is 2.00 bits per heavy atom. The molecule has 1 aromatic carbocycles. The second-order valence-corrected chi connectivity index (χ2v) is 9.15. The number of pyridine rings is 1. The number of rotatable bonds is 4. The molecule has 1 amide bonds. The summed E-state index contributed by atoms with van der Waals surface area (Å²) >= 11 is 0. The van der Waals surface area contributed by atoms with Crippen molar-refractivity contribution in [1.29, 1.82) is 0 Å². The fraction of sp³-hybridized carbons (Fsp3) is 0.435. The summed E-state index contributed by atoms with van der Waals surface area (Å²) in [6.07, 6.45) is 4.54. The predicted octanol–water partition coefficient (Wildman–Crippen LogP) is 4.58. The van der Waals surface area contributed by atoms with Gasteiger partial charge < -0.3 is 9.67 Å². The highest BCUT2D eigenvalue weighted by atomic mass is 16.4. The maximum absolute atomic E-state index is 13.7. The van der Waals surface area contributed by atoms with E-state index in [2.05, 4.69) is 5.10 Å². The molecule has 158 valence electrons. The van der Waals surface area contributed by atoms with E-state index >= 15 is 0 Å². The lowest BCUT2D eigenvalue weighted by atomic mass is 9.98. The Hall–Kier alpha value is -3.09. The van der Waals surface area contributed by atoms with Crippen molar-refractivity contribution in [2.45, 2.75) is 58.2 Å². The highest BCUT2D eigenvalue weighted by molar-refractivity contribution is 5.96. The predicted molar refractivity (Wildman–Crippen MR) is 117 cm³/mol. The molecule has 1 fully saturated rings. The number of aryl methyl sites for hydroxylation is 1. The minimum atomic E-state index is -0.992. The zero-order chi connectivity index (χ0) is 21.8. The van der Waals surface area contributed by atoms with Gasteiger partial charge in [-0.25, -0.2) is 4.79 Å². The first-order valence-electron chi connectivity index (χ1n) is 10.3. The lowest BCUT2D eigenvalue weighted by Crippen LogP contribution is -2.47. The van der Waals surface area contributed by atoms with E-state index in [-0.39, 0.29) is 11.6 Å². The molecule has 1 unspecified atom stereocenters. The Kier molecular flexibility index (Phi) is 4.71. The van der Waals surface area contributed by atoms with Gasteiger partial charge >= 0.3 is 6.09 Å². The maximum atomic E-state index is 13.7. The second-order valence-electron chi connectivity index (χ2n) is 9.15. The van der Waals surface area contributed by atoms with Crippen LogP contribution in [0.25, 0.3) is 21.9 Å². The van der Waals surface area contributed by atoms with Crippen LogP contribution in [0.1, 0.15) is 58.3 Å². The van der Waals surface area contributed by atoms with Crippen LogP contribution in [0.3, 0.4) is 0 Å². The van der Waals surface area contributed by atoms with Crippen LogP contribution in [-0.4, -0.2) is 36.0 Å². The fourth-order valence-corrected chi connectivity index (χ4v) is 4.39. The molecule has 3 aromatic rings. The van der Waals surface area contributed by atoms with Gasteiger partial charge in [0, 0.05) is 36.1 Å². The van der Waals surface area contributed by atoms with Crippen molar-refractivity contribution in [3.8, 4) is 11.1 Å². The van der Waals surface area contributed by atoms with Gasteiger partial charge in [0.15, 0.2) is 0 Å². The van der Waals surface area contributed by atoms with Gasteiger partial charge in [-0.2, -0.15) is 5.10 Å². The summed E-state index contributed by atoms with van der Waals surface area (Å²) in [7, 11) is 1.85. The standard InChI is InChI=1S/C23H28N4O3/c1-14(27(22(29)30)23(2,3)4)19-11-15-7-6-8-18(16-12-24-25(5)13-16)20(15)21(28)26(19)17-9-10-17/h6-8,11-14,17H,9-10H2,1-5H3,(H,29,30). The molecule has 0 spiro atoms. The average molecular weight is 409 g/mol. The first kappa shape index (κ1) is 20.2. The van der Waals surface area contributed by atoms with E-state index in [4.69, 9.17) is 0 Å². The number of aromatic nitrogens is 3. The lowest BCUT2D eigenvalue weighted by molar-refractivity contribution is 0.0726. The van der Waals surface area contributed by atoms with Crippen LogP contribution in [0.4, 0.5) is 4.79 Å². The summed E-state index contributed by atoms with van der Waals surface area (Å²) in [6.45, 7) is 7.49. The molecule has 1 N–H and O–H groups in total. The third-order valence-electron chi connectivity index (χ3n) is 5.78. The molecule has 2 heterocycles. The van der Waals surface area contributed by atoms with Gasteiger partial charge in [0.1, 0.15) is 0 Å². The Labute approximate surface area is 175 Å². The minimum Gasteiger partial charge on any atom is -0.465 e. The van der Waals surface area contributed by atoms with Crippen LogP contribution in [0.2, 0.25) is 0 Å². The van der Waals surface area contributed by atoms with Gasteiger partial charge in [-0.1, -0.05) is 18.2 Å². The highest BCUT2D eigenvalue weighted by Gasteiger charge is 2.36. The van der Waals surface area contributed by atoms with Crippen LogP contribution >= 0.6 is 0 Å². The Morgan fingerprint density at radius 1 is 1.30 bits per heavy atom. The largest absolute Gasteiger partial charge is 0.465 e. The van der Waals surface area contributed by atoms with Crippen LogP contribution in [0.5, 0.6) is 0 Å². The quantitative estimate of drug-likeness (QED) is 0.685. The molecule has 1 aliphatic carbocycles. The van der Waals surface area contributed by atoms with Crippen LogP contribution in [0, 0.1) is 0 Å². The SMILES string of the molecule is CC(c1cc2cccc(-c3cnn(C)c3)c2c(=O)n1C1CC1)N(C(=O)O)C(C)(C)C. The molecule has 2 aromatic heterocycles. The van der Waals surface area contributed by atoms with E-state index in [0.717, 1.165) is 35.0 Å². The highest BCUT2D eigenvalue weighted by Crippen LogP contribution is 2.39. The molecule has 0 saturated heterocycles. The third-order valence-corrected chi connectivity index (χ3v) is 5.78. The van der Waals surface area contributed by atoms with Crippen molar-refractivity contribution in [3.63, 3.8) is 0 Å². The van der Waals surface area contributed by atoms with E-state index in [9.17, 15) is 14.7 Å². The first-order valence-corrected chi connectivity index (χ1v) is 10.3. The number of benzene rings is 1. The second kappa shape index (κ2) is 7.00. The minimum absolute atomic E-state index is 0.0597. The summed E-state index contributed by atoms with van der Waals surface area (Å²) in [5.41, 5.74) is 1.84. The number of amides is 1. The van der Waals surface area contributed by atoms with Crippen LogP contribution in [0.15, 0.2) is 41.5 Å². The Morgan fingerprint density at radius 3 is 2.53 bits per heavy atom. The number of nitrogens with zero attached hydrogens (tertiary/aromatic N) is 4. The topological polar surface area (TPSA) is 80.4 Å². The van der Waals surface area contributed by atoms with Crippen molar-refractivity contribution in [2.75, 3.05) is 0 Å². The van der Waals surface area contributed by atoms with Gasteiger partial charge in [-0.15, -0.1) is 0 Å². The monoisotopic (exact) mass is 408 g/mol. The number of fused-ring (bicyclic) bond motifs is 1. The molecule has 0 bridgehead atoms. The molecule has 1 atom stereocenters. The lowest BCUT2D eigenvalue weighted by Gasteiger charge is -2.39. The molecule has 30 heavy (non-hydrogen) atoms.